The van der Waals surface area contributed by atoms with Crippen LogP contribution in [0.15, 0.2) is 30.6 Å². The minimum atomic E-state index is -0.851. The Morgan fingerprint density at radius 2 is 2.08 bits per heavy atom. The second-order valence-electron chi connectivity index (χ2n) is 6.51. The van der Waals surface area contributed by atoms with Crippen molar-refractivity contribution in [1.82, 2.24) is 9.55 Å². The van der Waals surface area contributed by atoms with Crippen LogP contribution in [0.3, 0.4) is 0 Å². The first-order valence-electron chi connectivity index (χ1n) is 8.39. The van der Waals surface area contributed by atoms with E-state index in [-0.39, 0.29) is 6.10 Å². The SMILES string of the molecule is Cc1cc(C)c2c(-n3cccc3)c(C(=O)O[C@@H]3C[C@H](C)OC3=O)sc2n1. The second kappa shape index (κ2) is 6.25. The van der Waals surface area contributed by atoms with Crippen LogP contribution in [0.4, 0.5) is 0 Å². The number of carbonyl (C=O) groups excluding carboxylic acids is 2. The van der Waals surface area contributed by atoms with Crippen molar-refractivity contribution in [2.24, 2.45) is 0 Å². The number of fused-ring (bicyclic) bond motifs is 1. The minimum absolute atomic E-state index is 0.238. The number of aromatic nitrogens is 2. The zero-order valence-corrected chi connectivity index (χ0v) is 15.5. The van der Waals surface area contributed by atoms with Crippen LogP contribution >= 0.6 is 11.3 Å². The van der Waals surface area contributed by atoms with Crippen molar-refractivity contribution in [2.75, 3.05) is 0 Å². The maximum atomic E-state index is 12.9. The molecule has 1 saturated heterocycles. The van der Waals surface area contributed by atoms with Gasteiger partial charge in [-0.15, -0.1) is 11.3 Å². The molecule has 6 nitrogen and oxygen atoms in total. The van der Waals surface area contributed by atoms with E-state index in [1.807, 2.05) is 49.0 Å². The van der Waals surface area contributed by atoms with E-state index in [0.717, 1.165) is 27.2 Å². The van der Waals surface area contributed by atoms with Gasteiger partial charge in [0, 0.05) is 29.9 Å². The summed E-state index contributed by atoms with van der Waals surface area (Å²) in [6.07, 6.45) is 3.05. The van der Waals surface area contributed by atoms with Gasteiger partial charge in [-0.25, -0.2) is 14.6 Å². The van der Waals surface area contributed by atoms with Crippen LogP contribution in [0.25, 0.3) is 15.9 Å². The lowest BCUT2D eigenvalue weighted by Gasteiger charge is -2.10. The summed E-state index contributed by atoms with van der Waals surface area (Å²) < 4.78 is 12.4. The average molecular weight is 370 g/mol. The summed E-state index contributed by atoms with van der Waals surface area (Å²) >= 11 is 1.29. The molecule has 0 radical (unpaired) electrons. The molecule has 26 heavy (non-hydrogen) atoms. The van der Waals surface area contributed by atoms with Gasteiger partial charge in [-0.2, -0.15) is 0 Å². The van der Waals surface area contributed by atoms with Crippen LogP contribution in [0, 0.1) is 13.8 Å². The Morgan fingerprint density at radius 3 is 2.73 bits per heavy atom. The molecule has 0 N–H and O–H groups in total. The van der Waals surface area contributed by atoms with Crippen LogP contribution in [0.5, 0.6) is 0 Å². The van der Waals surface area contributed by atoms with Crippen LogP contribution < -0.4 is 0 Å². The summed E-state index contributed by atoms with van der Waals surface area (Å²) in [7, 11) is 0. The minimum Gasteiger partial charge on any atom is -0.460 e. The van der Waals surface area contributed by atoms with Crippen molar-refractivity contribution < 1.29 is 19.1 Å². The summed E-state index contributed by atoms with van der Waals surface area (Å²) in [6.45, 7) is 5.71. The highest BCUT2D eigenvalue weighted by molar-refractivity contribution is 7.21. The number of carbonyl (C=O) groups is 2. The Hall–Kier alpha value is -2.67. The molecule has 7 heteroatoms. The molecule has 0 bridgehead atoms. The number of rotatable bonds is 3. The Morgan fingerprint density at radius 1 is 1.35 bits per heavy atom. The number of thiophene rings is 1. The maximum absolute atomic E-state index is 12.9. The van der Waals surface area contributed by atoms with Crippen LogP contribution in [-0.4, -0.2) is 33.7 Å². The van der Waals surface area contributed by atoms with E-state index < -0.39 is 18.0 Å². The fourth-order valence-electron chi connectivity index (χ4n) is 3.29. The molecule has 0 spiro atoms. The van der Waals surface area contributed by atoms with Gasteiger partial charge >= 0.3 is 11.9 Å². The number of nitrogens with zero attached hydrogens (tertiary/aromatic N) is 2. The van der Waals surface area contributed by atoms with Crippen molar-refractivity contribution in [2.45, 2.75) is 39.4 Å². The van der Waals surface area contributed by atoms with Crippen LogP contribution in [0.2, 0.25) is 0 Å². The van der Waals surface area contributed by atoms with Gasteiger partial charge in [0.15, 0.2) is 0 Å². The first kappa shape index (κ1) is 16.8. The van der Waals surface area contributed by atoms with Gasteiger partial charge in [0.25, 0.3) is 0 Å². The largest absolute Gasteiger partial charge is 0.460 e. The fraction of sp³-hybridized carbons (Fsp3) is 0.316. The van der Waals surface area contributed by atoms with Crippen molar-refractivity contribution in [3.63, 3.8) is 0 Å². The topological polar surface area (TPSA) is 70.4 Å². The normalized spacial score (nSPS) is 19.7. The number of pyridine rings is 1. The molecule has 4 heterocycles. The van der Waals surface area contributed by atoms with Gasteiger partial charge in [-0.1, -0.05) is 0 Å². The molecule has 0 saturated carbocycles. The average Bonchev–Trinajstić information content (AvgIpc) is 3.26. The fourth-order valence-corrected chi connectivity index (χ4v) is 4.47. The van der Waals surface area contributed by atoms with E-state index in [0.29, 0.717) is 11.3 Å². The van der Waals surface area contributed by atoms with Crippen LogP contribution in [0.1, 0.15) is 34.3 Å². The molecule has 1 aliphatic heterocycles. The predicted molar refractivity (Wildman–Crippen MR) is 97.8 cm³/mol. The zero-order chi connectivity index (χ0) is 18.4. The molecule has 4 rings (SSSR count). The highest BCUT2D eigenvalue weighted by atomic mass is 32.1. The molecular formula is C19H18N2O4S. The molecule has 3 aromatic heterocycles. The number of hydrogen-bond acceptors (Lipinski definition) is 6. The third kappa shape index (κ3) is 2.78. The van der Waals surface area contributed by atoms with Gasteiger partial charge < -0.3 is 14.0 Å². The molecule has 2 atom stereocenters. The van der Waals surface area contributed by atoms with Gasteiger partial charge in [0.1, 0.15) is 15.8 Å². The molecule has 3 aromatic rings. The smallest absolute Gasteiger partial charge is 0.351 e. The van der Waals surface area contributed by atoms with Crippen molar-refractivity contribution in [3.05, 3.63) is 46.7 Å². The Labute approximate surface area is 154 Å². The summed E-state index contributed by atoms with van der Waals surface area (Å²) in [5, 5.41) is 0.922. The molecule has 0 unspecified atom stereocenters. The Kier molecular flexibility index (Phi) is 4.03. The molecular weight excluding hydrogens is 352 g/mol. The summed E-state index contributed by atoms with van der Waals surface area (Å²) in [4.78, 5) is 30.5. The highest BCUT2D eigenvalue weighted by Gasteiger charge is 2.36. The molecule has 1 aliphatic rings. The highest BCUT2D eigenvalue weighted by Crippen LogP contribution is 2.36. The van der Waals surface area contributed by atoms with Crippen LogP contribution in [-0.2, 0) is 14.3 Å². The Balaban J connectivity index is 1.81. The van der Waals surface area contributed by atoms with E-state index in [2.05, 4.69) is 4.98 Å². The number of aryl methyl sites for hydroxylation is 2. The van der Waals surface area contributed by atoms with E-state index in [1.54, 1.807) is 6.92 Å². The summed E-state index contributed by atoms with van der Waals surface area (Å²) in [5.74, 6) is -1.01. The van der Waals surface area contributed by atoms with E-state index in [4.69, 9.17) is 9.47 Å². The third-order valence-corrected chi connectivity index (χ3v) is 5.44. The zero-order valence-electron chi connectivity index (χ0n) is 14.7. The number of cyclic esters (lactones) is 1. The summed E-state index contributed by atoms with van der Waals surface area (Å²) in [5.41, 5.74) is 2.67. The lowest BCUT2D eigenvalue weighted by Crippen LogP contribution is -2.22. The monoisotopic (exact) mass is 370 g/mol. The lowest BCUT2D eigenvalue weighted by atomic mass is 10.1. The van der Waals surface area contributed by atoms with Gasteiger partial charge in [-0.05, 0) is 44.5 Å². The lowest BCUT2D eigenvalue weighted by molar-refractivity contribution is -0.147. The summed E-state index contributed by atoms with van der Waals surface area (Å²) in [6, 6.07) is 5.78. The molecule has 134 valence electrons. The van der Waals surface area contributed by atoms with Crippen molar-refractivity contribution in [3.8, 4) is 5.69 Å². The standard InChI is InChI=1S/C19H18N2O4S/c1-10-8-11(2)20-17-14(10)15(21-6-4-5-7-21)16(26-17)19(23)25-13-9-12(3)24-18(13)22/h4-8,12-13H,9H2,1-3H3/t12-,13+/m0/s1. The van der Waals surface area contributed by atoms with E-state index in [1.165, 1.54) is 11.3 Å². The predicted octanol–water partition coefficient (Wildman–Crippen LogP) is 3.56. The van der Waals surface area contributed by atoms with Gasteiger partial charge in [0.2, 0.25) is 6.10 Å². The van der Waals surface area contributed by atoms with E-state index >= 15 is 0 Å². The number of esters is 2. The molecule has 0 amide bonds. The van der Waals surface area contributed by atoms with Gasteiger partial charge in [0.05, 0.1) is 5.69 Å². The number of hydrogen-bond donors (Lipinski definition) is 0. The van der Waals surface area contributed by atoms with Crippen molar-refractivity contribution in [1.29, 1.82) is 0 Å². The second-order valence-corrected chi connectivity index (χ2v) is 7.51. The van der Waals surface area contributed by atoms with E-state index in [9.17, 15) is 9.59 Å². The van der Waals surface area contributed by atoms with Gasteiger partial charge in [-0.3, -0.25) is 0 Å². The molecule has 1 fully saturated rings. The first-order valence-corrected chi connectivity index (χ1v) is 9.21. The van der Waals surface area contributed by atoms with Crippen molar-refractivity contribution >= 4 is 33.5 Å². The molecule has 0 aliphatic carbocycles. The molecule has 0 aromatic carbocycles. The number of ether oxygens (including phenoxy) is 2. The quantitative estimate of drug-likeness (QED) is 0.659. The maximum Gasteiger partial charge on any atom is 0.351 e. The Bertz CT molecular complexity index is 1010. The third-order valence-electron chi connectivity index (χ3n) is 4.39. The first-order chi connectivity index (χ1) is 12.4.